The minimum atomic E-state index is -0.301. The Balaban J connectivity index is 1.56. The van der Waals surface area contributed by atoms with Gasteiger partial charge in [-0.05, 0) is 29.8 Å². The lowest BCUT2D eigenvalue weighted by molar-refractivity contribution is -0.120. The molecular formula is C20H25FN4OS. The Morgan fingerprint density at radius 1 is 0.963 bits per heavy atom. The molecule has 0 aromatic heterocycles. The van der Waals surface area contributed by atoms with Crippen LogP contribution in [0.3, 0.4) is 0 Å². The van der Waals surface area contributed by atoms with E-state index in [0.29, 0.717) is 19.0 Å². The number of carbonyl (C=O) groups excluding carboxylic acids is 1. The standard InChI is InChI=1S/C20H25FN4OS/c1-22-20(25-13-14-27-18-5-3-2-4-6-18)24-12-11-23-19(26)15-16-7-9-17(21)10-8-16/h2-10H,11-15H2,1H3,(H,23,26)(H2,22,24,25). The van der Waals surface area contributed by atoms with E-state index < -0.39 is 0 Å². The summed E-state index contributed by atoms with van der Waals surface area (Å²) in [4.78, 5) is 17.3. The third-order valence-electron chi connectivity index (χ3n) is 3.65. The third kappa shape index (κ3) is 8.59. The van der Waals surface area contributed by atoms with E-state index in [9.17, 15) is 9.18 Å². The Morgan fingerprint density at radius 3 is 2.33 bits per heavy atom. The maximum absolute atomic E-state index is 12.9. The van der Waals surface area contributed by atoms with Crippen molar-refractivity contribution >= 4 is 23.6 Å². The third-order valence-corrected chi connectivity index (χ3v) is 4.66. The number of guanidine groups is 1. The van der Waals surface area contributed by atoms with Crippen LogP contribution in [0.1, 0.15) is 5.56 Å². The number of nitrogens with one attached hydrogen (secondary N) is 3. The highest BCUT2D eigenvalue weighted by Gasteiger charge is 2.03. The van der Waals surface area contributed by atoms with Crippen LogP contribution < -0.4 is 16.0 Å². The van der Waals surface area contributed by atoms with E-state index >= 15 is 0 Å². The van der Waals surface area contributed by atoms with Crippen molar-refractivity contribution in [3.63, 3.8) is 0 Å². The van der Waals surface area contributed by atoms with E-state index in [4.69, 9.17) is 0 Å². The fourth-order valence-corrected chi connectivity index (χ4v) is 3.10. The molecule has 7 heteroatoms. The van der Waals surface area contributed by atoms with Gasteiger partial charge in [-0.25, -0.2) is 4.39 Å². The van der Waals surface area contributed by atoms with Crippen LogP contribution >= 0.6 is 11.8 Å². The second-order valence-electron chi connectivity index (χ2n) is 5.74. The van der Waals surface area contributed by atoms with Crippen molar-refractivity contribution in [2.24, 2.45) is 4.99 Å². The number of thioether (sulfide) groups is 1. The highest BCUT2D eigenvalue weighted by molar-refractivity contribution is 7.99. The topological polar surface area (TPSA) is 65.5 Å². The Morgan fingerprint density at radius 2 is 1.63 bits per heavy atom. The Kier molecular flexibility index (Phi) is 9.20. The fraction of sp³-hybridized carbons (Fsp3) is 0.300. The quantitative estimate of drug-likeness (QED) is 0.267. The highest BCUT2D eigenvalue weighted by atomic mass is 32.2. The average molecular weight is 389 g/mol. The first-order valence-corrected chi connectivity index (χ1v) is 9.79. The molecule has 5 nitrogen and oxygen atoms in total. The highest BCUT2D eigenvalue weighted by Crippen LogP contribution is 2.15. The number of nitrogens with zero attached hydrogens (tertiary/aromatic N) is 1. The molecule has 0 aliphatic heterocycles. The molecule has 3 N–H and O–H groups in total. The first-order chi connectivity index (χ1) is 13.2. The van der Waals surface area contributed by atoms with Gasteiger partial charge in [0.2, 0.25) is 5.91 Å². The SMILES string of the molecule is CN=C(NCCNC(=O)Cc1ccc(F)cc1)NCCSc1ccccc1. The van der Waals surface area contributed by atoms with Crippen molar-refractivity contribution in [3.05, 3.63) is 66.0 Å². The van der Waals surface area contributed by atoms with Crippen LogP contribution in [-0.2, 0) is 11.2 Å². The Bertz CT molecular complexity index is 723. The molecular weight excluding hydrogens is 363 g/mol. The molecule has 2 aromatic rings. The minimum Gasteiger partial charge on any atom is -0.356 e. The fourth-order valence-electron chi connectivity index (χ4n) is 2.31. The van der Waals surface area contributed by atoms with Crippen LogP contribution in [0.5, 0.6) is 0 Å². The summed E-state index contributed by atoms with van der Waals surface area (Å²) in [5, 5.41) is 9.23. The second kappa shape index (κ2) is 12.0. The van der Waals surface area contributed by atoms with E-state index in [0.717, 1.165) is 17.9 Å². The van der Waals surface area contributed by atoms with Gasteiger partial charge in [0, 0.05) is 37.3 Å². The number of carbonyl (C=O) groups is 1. The van der Waals surface area contributed by atoms with Gasteiger partial charge in [0.15, 0.2) is 5.96 Å². The molecule has 2 aromatic carbocycles. The molecule has 27 heavy (non-hydrogen) atoms. The Hall–Kier alpha value is -2.54. The van der Waals surface area contributed by atoms with Crippen molar-refractivity contribution in [1.29, 1.82) is 0 Å². The normalized spacial score (nSPS) is 11.1. The van der Waals surface area contributed by atoms with E-state index in [1.807, 2.05) is 18.2 Å². The van der Waals surface area contributed by atoms with Crippen molar-refractivity contribution < 1.29 is 9.18 Å². The number of halogens is 1. The summed E-state index contributed by atoms with van der Waals surface area (Å²) in [7, 11) is 1.72. The molecule has 0 saturated carbocycles. The predicted octanol–water partition coefficient (Wildman–Crippen LogP) is 2.44. The van der Waals surface area contributed by atoms with E-state index in [-0.39, 0.29) is 18.1 Å². The summed E-state index contributed by atoms with van der Waals surface area (Å²) < 4.78 is 12.9. The van der Waals surface area contributed by atoms with Crippen LogP contribution in [0.4, 0.5) is 4.39 Å². The lowest BCUT2D eigenvalue weighted by Gasteiger charge is -2.12. The number of rotatable bonds is 9. The average Bonchev–Trinajstić information content (AvgIpc) is 2.69. The molecule has 2 rings (SSSR count). The zero-order valence-corrected chi connectivity index (χ0v) is 16.2. The van der Waals surface area contributed by atoms with Gasteiger partial charge >= 0.3 is 0 Å². The van der Waals surface area contributed by atoms with E-state index in [2.05, 4.69) is 33.1 Å². The van der Waals surface area contributed by atoms with Crippen LogP contribution in [0.2, 0.25) is 0 Å². The van der Waals surface area contributed by atoms with Gasteiger partial charge in [-0.2, -0.15) is 0 Å². The monoisotopic (exact) mass is 388 g/mol. The van der Waals surface area contributed by atoms with E-state index in [1.54, 1.807) is 30.9 Å². The summed E-state index contributed by atoms with van der Waals surface area (Å²) in [6.45, 7) is 1.84. The molecule has 0 aliphatic carbocycles. The smallest absolute Gasteiger partial charge is 0.224 e. The largest absolute Gasteiger partial charge is 0.356 e. The second-order valence-corrected chi connectivity index (χ2v) is 6.91. The molecule has 0 radical (unpaired) electrons. The van der Waals surface area contributed by atoms with Gasteiger partial charge in [-0.1, -0.05) is 30.3 Å². The zero-order valence-electron chi connectivity index (χ0n) is 15.4. The number of hydrogen-bond donors (Lipinski definition) is 3. The molecule has 1 amide bonds. The van der Waals surface area contributed by atoms with Gasteiger partial charge in [0.1, 0.15) is 5.82 Å². The van der Waals surface area contributed by atoms with E-state index in [1.165, 1.54) is 17.0 Å². The van der Waals surface area contributed by atoms with Crippen molar-refractivity contribution in [3.8, 4) is 0 Å². The number of hydrogen-bond acceptors (Lipinski definition) is 3. The summed E-state index contributed by atoms with van der Waals surface area (Å²) in [6.07, 6.45) is 0.240. The molecule has 0 spiro atoms. The van der Waals surface area contributed by atoms with Crippen LogP contribution in [0.15, 0.2) is 64.5 Å². The predicted molar refractivity (Wildman–Crippen MR) is 110 cm³/mol. The van der Waals surface area contributed by atoms with Gasteiger partial charge in [0.25, 0.3) is 0 Å². The van der Waals surface area contributed by atoms with Gasteiger partial charge < -0.3 is 16.0 Å². The minimum absolute atomic E-state index is 0.0920. The summed E-state index contributed by atoms with van der Waals surface area (Å²) in [6, 6.07) is 16.2. The zero-order chi connectivity index (χ0) is 19.3. The molecule has 0 bridgehead atoms. The van der Waals surface area contributed by atoms with Gasteiger partial charge in [-0.15, -0.1) is 11.8 Å². The first kappa shape index (κ1) is 20.8. The van der Waals surface area contributed by atoms with Crippen LogP contribution in [0.25, 0.3) is 0 Å². The molecule has 0 fully saturated rings. The van der Waals surface area contributed by atoms with Gasteiger partial charge in [-0.3, -0.25) is 9.79 Å². The van der Waals surface area contributed by atoms with Crippen LogP contribution in [-0.4, -0.2) is 44.3 Å². The summed E-state index contributed by atoms with van der Waals surface area (Å²) in [5.41, 5.74) is 0.787. The Labute approximate surface area is 163 Å². The molecule has 144 valence electrons. The number of aliphatic imine (C=N–C) groups is 1. The molecule has 0 heterocycles. The van der Waals surface area contributed by atoms with Crippen molar-refractivity contribution in [1.82, 2.24) is 16.0 Å². The lowest BCUT2D eigenvalue weighted by Crippen LogP contribution is -2.42. The molecule has 0 aliphatic rings. The molecule has 0 atom stereocenters. The number of benzene rings is 2. The first-order valence-electron chi connectivity index (χ1n) is 8.81. The summed E-state index contributed by atoms with van der Waals surface area (Å²) >= 11 is 1.78. The lowest BCUT2D eigenvalue weighted by atomic mass is 10.1. The maximum Gasteiger partial charge on any atom is 0.224 e. The molecule has 0 saturated heterocycles. The van der Waals surface area contributed by atoms with Crippen LogP contribution in [0, 0.1) is 5.82 Å². The maximum atomic E-state index is 12.9. The van der Waals surface area contributed by atoms with Crippen molar-refractivity contribution in [2.75, 3.05) is 32.4 Å². The molecule has 0 unspecified atom stereocenters. The summed E-state index contributed by atoms with van der Waals surface area (Å²) in [5.74, 6) is 1.24. The van der Waals surface area contributed by atoms with Gasteiger partial charge in [0.05, 0.1) is 6.42 Å². The number of amides is 1. The van der Waals surface area contributed by atoms with Crippen molar-refractivity contribution in [2.45, 2.75) is 11.3 Å².